The van der Waals surface area contributed by atoms with Crippen LogP contribution in [-0.4, -0.2) is 33.8 Å². The SMILES string of the molecule is CNCc1cccc(N(C)S(C)(=O)=O)n1. The van der Waals surface area contributed by atoms with E-state index < -0.39 is 10.0 Å². The van der Waals surface area contributed by atoms with Gasteiger partial charge in [0.1, 0.15) is 5.82 Å². The Morgan fingerprint density at radius 3 is 2.67 bits per heavy atom. The first-order valence-electron chi connectivity index (χ1n) is 4.49. The molecule has 0 fully saturated rings. The van der Waals surface area contributed by atoms with Gasteiger partial charge in [0.05, 0.1) is 11.9 Å². The summed E-state index contributed by atoms with van der Waals surface area (Å²) in [5.74, 6) is 0.435. The normalized spacial score (nSPS) is 11.4. The van der Waals surface area contributed by atoms with Crippen LogP contribution in [0.1, 0.15) is 5.69 Å². The average molecular weight is 229 g/mol. The maximum absolute atomic E-state index is 11.3. The van der Waals surface area contributed by atoms with Crippen molar-refractivity contribution in [3.05, 3.63) is 23.9 Å². The van der Waals surface area contributed by atoms with Crippen LogP contribution in [0.5, 0.6) is 0 Å². The fraction of sp³-hybridized carbons (Fsp3) is 0.444. The number of rotatable bonds is 4. The molecule has 1 N–H and O–H groups in total. The third-order valence-electron chi connectivity index (χ3n) is 1.97. The van der Waals surface area contributed by atoms with E-state index >= 15 is 0 Å². The number of hydrogen-bond acceptors (Lipinski definition) is 4. The van der Waals surface area contributed by atoms with E-state index in [1.165, 1.54) is 7.05 Å². The van der Waals surface area contributed by atoms with Crippen molar-refractivity contribution in [3.8, 4) is 0 Å². The van der Waals surface area contributed by atoms with E-state index in [2.05, 4.69) is 10.3 Å². The van der Waals surface area contributed by atoms with E-state index in [0.717, 1.165) is 16.3 Å². The predicted molar refractivity (Wildman–Crippen MR) is 60.2 cm³/mol. The maximum Gasteiger partial charge on any atom is 0.233 e. The highest BCUT2D eigenvalue weighted by Crippen LogP contribution is 2.12. The topological polar surface area (TPSA) is 62.3 Å². The van der Waals surface area contributed by atoms with E-state index in [-0.39, 0.29) is 0 Å². The van der Waals surface area contributed by atoms with Crippen LogP contribution < -0.4 is 9.62 Å². The zero-order valence-corrected chi connectivity index (χ0v) is 9.87. The molecule has 0 bridgehead atoms. The van der Waals surface area contributed by atoms with Gasteiger partial charge in [-0.1, -0.05) is 6.07 Å². The van der Waals surface area contributed by atoms with E-state index in [1.807, 2.05) is 13.1 Å². The molecule has 0 radical (unpaired) electrons. The lowest BCUT2D eigenvalue weighted by Crippen LogP contribution is -2.26. The molecule has 1 rings (SSSR count). The monoisotopic (exact) mass is 229 g/mol. The molecular formula is C9H15N3O2S. The lowest BCUT2D eigenvalue weighted by Gasteiger charge is -2.15. The Morgan fingerprint density at radius 1 is 1.47 bits per heavy atom. The first-order chi connectivity index (χ1) is 6.95. The van der Waals surface area contributed by atoms with Crippen molar-refractivity contribution < 1.29 is 8.42 Å². The van der Waals surface area contributed by atoms with E-state index in [9.17, 15) is 8.42 Å². The largest absolute Gasteiger partial charge is 0.314 e. The maximum atomic E-state index is 11.3. The van der Waals surface area contributed by atoms with E-state index in [1.54, 1.807) is 12.1 Å². The van der Waals surface area contributed by atoms with Crippen LogP contribution >= 0.6 is 0 Å². The van der Waals surface area contributed by atoms with Crippen LogP contribution in [0.25, 0.3) is 0 Å². The summed E-state index contributed by atoms with van der Waals surface area (Å²) in [6, 6.07) is 5.30. The van der Waals surface area contributed by atoms with Gasteiger partial charge in [0, 0.05) is 13.6 Å². The van der Waals surface area contributed by atoms with Gasteiger partial charge in [-0.15, -0.1) is 0 Å². The summed E-state index contributed by atoms with van der Waals surface area (Å²) >= 11 is 0. The summed E-state index contributed by atoms with van der Waals surface area (Å²) in [7, 11) is 0.0639. The van der Waals surface area contributed by atoms with E-state index in [4.69, 9.17) is 0 Å². The quantitative estimate of drug-likeness (QED) is 0.801. The Morgan fingerprint density at radius 2 is 2.13 bits per heavy atom. The minimum absolute atomic E-state index is 0.435. The molecule has 0 atom stereocenters. The zero-order chi connectivity index (χ0) is 11.5. The van der Waals surface area contributed by atoms with Crippen molar-refractivity contribution in [3.63, 3.8) is 0 Å². The number of anilines is 1. The van der Waals surface area contributed by atoms with Crippen LogP contribution in [0.3, 0.4) is 0 Å². The molecule has 15 heavy (non-hydrogen) atoms. The molecule has 5 nitrogen and oxygen atoms in total. The smallest absolute Gasteiger partial charge is 0.233 e. The zero-order valence-electron chi connectivity index (χ0n) is 9.06. The van der Waals surface area contributed by atoms with Crippen molar-refractivity contribution in [2.24, 2.45) is 0 Å². The van der Waals surface area contributed by atoms with Gasteiger partial charge in [-0.25, -0.2) is 13.4 Å². The van der Waals surface area contributed by atoms with Gasteiger partial charge < -0.3 is 5.32 Å². The molecule has 1 aromatic rings. The molecule has 0 saturated carbocycles. The second-order valence-electron chi connectivity index (χ2n) is 3.25. The molecular weight excluding hydrogens is 214 g/mol. The fourth-order valence-electron chi connectivity index (χ4n) is 1.09. The summed E-state index contributed by atoms with van der Waals surface area (Å²) in [6.45, 7) is 0.617. The second-order valence-corrected chi connectivity index (χ2v) is 5.26. The van der Waals surface area contributed by atoms with Crippen molar-refractivity contribution in [2.75, 3.05) is 24.7 Å². The molecule has 0 aliphatic heterocycles. The van der Waals surface area contributed by atoms with Crippen LogP contribution in [0.4, 0.5) is 5.82 Å². The molecule has 0 amide bonds. The lowest BCUT2D eigenvalue weighted by atomic mass is 10.3. The molecule has 0 aromatic carbocycles. The summed E-state index contributed by atoms with van der Waals surface area (Å²) in [5.41, 5.74) is 0.811. The highest BCUT2D eigenvalue weighted by atomic mass is 32.2. The van der Waals surface area contributed by atoms with Crippen LogP contribution in [0.2, 0.25) is 0 Å². The molecule has 1 heterocycles. The Hall–Kier alpha value is -1.14. The number of nitrogens with one attached hydrogen (secondary N) is 1. The number of sulfonamides is 1. The molecule has 6 heteroatoms. The Labute approximate surface area is 90.2 Å². The first-order valence-corrected chi connectivity index (χ1v) is 6.34. The van der Waals surface area contributed by atoms with Gasteiger partial charge >= 0.3 is 0 Å². The average Bonchev–Trinajstić information content (AvgIpc) is 2.16. The summed E-state index contributed by atoms with van der Waals surface area (Å²) in [5, 5.41) is 2.96. The van der Waals surface area contributed by atoms with Crippen LogP contribution in [0, 0.1) is 0 Å². The first kappa shape index (κ1) is 11.9. The third-order valence-corrected chi connectivity index (χ3v) is 3.15. The highest BCUT2D eigenvalue weighted by molar-refractivity contribution is 7.92. The Bertz CT molecular complexity index is 431. The highest BCUT2D eigenvalue weighted by Gasteiger charge is 2.12. The molecule has 0 aliphatic carbocycles. The number of pyridine rings is 1. The van der Waals surface area contributed by atoms with Gasteiger partial charge in [-0.2, -0.15) is 0 Å². The van der Waals surface area contributed by atoms with Crippen LogP contribution in [0.15, 0.2) is 18.2 Å². The second kappa shape index (κ2) is 4.59. The molecule has 0 unspecified atom stereocenters. The number of nitrogens with zero attached hydrogens (tertiary/aromatic N) is 2. The molecule has 1 aromatic heterocycles. The third kappa shape index (κ3) is 3.17. The fourth-order valence-corrected chi connectivity index (χ4v) is 1.53. The van der Waals surface area contributed by atoms with E-state index in [0.29, 0.717) is 12.4 Å². The van der Waals surface area contributed by atoms with Crippen molar-refractivity contribution in [1.29, 1.82) is 0 Å². The van der Waals surface area contributed by atoms with Gasteiger partial charge in [0.15, 0.2) is 0 Å². The molecule has 0 aliphatic rings. The molecule has 0 spiro atoms. The number of hydrogen-bond donors (Lipinski definition) is 1. The van der Waals surface area contributed by atoms with Crippen molar-refractivity contribution in [2.45, 2.75) is 6.54 Å². The predicted octanol–water partition coefficient (Wildman–Crippen LogP) is 0.197. The summed E-state index contributed by atoms with van der Waals surface area (Å²) in [6.07, 6.45) is 1.15. The van der Waals surface area contributed by atoms with Gasteiger partial charge in [0.25, 0.3) is 0 Å². The van der Waals surface area contributed by atoms with Gasteiger partial charge in [0.2, 0.25) is 10.0 Å². The van der Waals surface area contributed by atoms with Gasteiger partial charge in [-0.3, -0.25) is 4.31 Å². The van der Waals surface area contributed by atoms with Gasteiger partial charge in [-0.05, 0) is 19.2 Å². The number of aromatic nitrogens is 1. The molecule has 84 valence electrons. The van der Waals surface area contributed by atoms with Crippen molar-refractivity contribution >= 4 is 15.8 Å². The standard InChI is InChI=1S/C9H15N3O2S/c1-10-7-8-5-4-6-9(11-8)12(2)15(3,13)14/h4-6,10H,7H2,1-3H3. The Kier molecular flexibility index (Phi) is 3.65. The minimum Gasteiger partial charge on any atom is -0.314 e. The Balaban J connectivity index is 3.00. The van der Waals surface area contributed by atoms with Crippen molar-refractivity contribution in [1.82, 2.24) is 10.3 Å². The summed E-state index contributed by atoms with van der Waals surface area (Å²) < 4.78 is 23.7. The summed E-state index contributed by atoms with van der Waals surface area (Å²) in [4.78, 5) is 4.21. The lowest BCUT2D eigenvalue weighted by molar-refractivity contribution is 0.599. The molecule has 0 saturated heterocycles. The van der Waals surface area contributed by atoms with Crippen LogP contribution in [-0.2, 0) is 16.6 Å². The minimum atomic E-state index is -3.24.